The van der Waals surface area contributed by atoms with Crippen molar-refractivity contribution in [3.63, 3.8) is 0 Å². The molecular formula is C9H9IO2. The van der Waals surface area contributed by atoms with E-state index in [-0.39, 0.29) is 11.5 Å². The van der Waals surface area contributed by atoms with E-state index in [0.29, 0.717) is 5.56 Å². The van der Waals surface area contributed by atoms with Crippen molar-refractivity contribution in [3.8, 4) is 5.75 Å². The number of carbonyl (C=O) groups excluding carboxylic acids is 1. The van der Waals surface area contributed by atoms with E-state index in [1.165, 1.54) is 13.0 Å². The standard InChI is InChI=1S/C9H9IO2/c1-5-3-7(12)4-8(6(2)11)9(5)10/h3-4,12H,1-2H3. The Hall–Kier alpha value is -0.580. The summed E-state index contributed by atoms with van der Waals surface area (Å²) in [4.78, 5) is 11.1. The molecule has 0 amide bonds. The van der Waals surface area contributed by atoms with E-state index in [4.69, 9.17) is 0 Å². The highest BCUT2D eigenvalue weighted by Gasteiger charge is 2.08. The minimum atomic E-state index is -0.0154. The highest BCUT2D eigenvalue weighted by molar-refractivity contribution is 14.1. The van der Waals surface area contributed by atoms with E-state index in [1.54, 1.807) is 6.07 Å². The number of hydrogen-bond donors (Lipinski definition) is 1. The molecule has 1 aromatic carbocycles. The van der Waals surface area contributed by atoms with E-state index >= 15 is 0 Å². The van der Waals surface area contributed by atoms with Crippen LogP contribution < -0.4 is 0 Å². The van der Waals surface area contributed by atoms with Crippen molar-refractivity contribution in [1.82, 2.24) is 0 Å². The molecule has 1 rings (SSSR count). The molecule has 0 aliphatic rings. The first-order valence-electron chi connectivity index (χ1n) is 3.52. The fraction of sp³-hybridized carbons (Fsp3) is 0.222. The molecule has 0 aliphatic carbocycles. The van der Waals surface area contributed by atoms with Gasteiger partial charge in [0.1, 0.15) is 5.75 Å². The molecule has 0 saturated carbocycles. The molecule has 12 heavy (non-hydrogen) atoms. The van der Waals surface area contributed by atoms with Crippen molar-refractivity contribution in [3.05, 3.63) is 26.8 Å². The molecule has 1 aromatic rings. The van der Waals surface area contributed by atoms with Gasteiger partial charge in [0.25, 0.3) is 0 Å². The second-order valence-corrected chi connectivity index (χ2v) is 3.76. The molecule has 0 bridgehead atoms. The number of carbonyl (C=O) groups is 1. The average molecular weight is 276 g/mol. The molecular weight excluding hydrogens is 267 g/mol. The van der Waals surface area contributed by atoms with E-state index in [1.807, 2.05) is 6.92 Å². The Kier molecular flexibility index (Phi) is 2.72. The van der Waals surface area contributed by atoms with Crippen LogP contribution in [0.2, 0.25) is 0 Å². The number of hydrogen-bond acceptors (Lipinski definition) is 2. The predicted molar refractivity (Wildman–Crippen MR) is 55.6 cm³/mol. The summed E-state index contributed by atoms with van der Waals surface area (Å²) in [6.07, 6.45) is 0. The highest BCUT2D eigenvalue weighted by atomic mass is 127. The van der Waals surface area contributed by atoms with Crippen LogP contribution in [0.5, 0.6) is 5.75 Å². The number of aromatic hydroxyl groups is 1. The van der Waals surface area contributed by atoms with Gasteiger partial charge >= 0.3 is 0 Å². The van der Waals surface area contributed by atoms with Gasteiger partial charge < -0.3 is 5.11 Å². The summed E-state index contributed by atoms with van der Waals surface area (Å²) in [5.74, 6) is 0.136. The molecule has 0 saturated heterocycles. The maximum atomic E-state index is 11.1. The molecule has 0 fully saturated rings. The summed E-state index contributed by atoms with van der Waals surface area (Å²) in [6.45, 7) is 3.37. The minimum Gasteiger partial charge on any atom is -0.508 e. The van der Waals surface area contributed by atoms with E-state index < -0.39 is 0 Å². The lowest BCUT2D eigenvalue weighted by atomic mass is 10.1. The summed E-state index contributed by atoms with van der Waals surface area (Å²) in [6, 6.07) is 3.14. The molecule has 64 valence electrons. The summed E-state index contributed by atoms with van der Waals surface area (Å²) in [7, 11) is 0. The van der Waals surface area contributed by atoms with Crippen LogP contribution >= 0.6 is 22.6 Å². The molecule has 0 radical (unpaired) electrons. The lowest BCUT2D eigenvalue weighted by Gasteiger charge is -2.04. The Morgan fingerprint density at radius 2 is 2.08 bits per heavy atom. The van der Waals surface area contributed by atoms with Crippen molar-refractivity contribution >= 4 is 28.4 Å². The maximum absolute atomic E-state index is 11.1. The number of Topliss-reactive ketones (excluding diaryl/α,β-unsaturated/α-hetero) is 1. The molecule has 3 heteroatoms. The van der Waals surface area contributed by atoms with Gasteiger partial charge in [-0.2, -0.15) is 0 Å². The third-order valence-electron chi connectivity index (χ3n) is 1.62. The second-order valence-electron chi connectivity index (χ2n) is 2.68. The third-order valence-corrected chi connectivity index (χ3v) is 3.05. The maximum Gasteiger partial charge on any atom is 0.161 e. The normalized spacial score (nSPS) is 9.92. The molecule has 0 spiro atoms. The van der Waals surface area contributed by atoms with Crippen LogP contribution in [0.25, 0.3) is 0 Å². The zero-order chi connectivity index (χ0) is 9.30. The van der Waals surface area contributed by atoms with Crippen molar-refractivity contribution in [2.45, 2.75) is 13.8 Å². The van der Waals surface area contributed by atoms with Crippen LogP contribution in [0.15, 0.2) is 12.1 Å². The van der Waals surface area contributed by atoms with Gasteiger partial charge in [-0.05, 0) is 54.1 Å². The molecule has 0 aliphatic heterocycles. The zero-order valence-corrected chi connectivity index (χ0v) is 9.05. The highest BCUT2D eigenvalue weighted by Crippen LogP contribution is 2.23. The Balaban J connectivity index is 3.37. The molecule has 1 N–H and O–H groups in total. The fourth-order valence-electron chi connectivity index (χ4n) is 1.01. The summed E-state index contributed by atoms with van der Waals surface area (Å²) in [5.41, 5.74) is 1.52. The largest absolute Gasteiger partial charge is 0.508 e. The van der Waals surface area contributed by atoms with Crippen LogP contribution in [0.1, 0.15) is 22.8 Å². The van der Waals surface area contributed by atoms with Crippen LogP contribution in [0, 0.1) is 10.5 Å². The summed E-state index contributed by atoms with van der Waals surface area (Å²) < 4.78 is 0.915. The third kappa shape index (κ3) is 1.77. The van der Waals surface area contributed by atoms with E-state index in [0.717, 1.165) is 9.13 Å². The molecule has 0 atom stereocenters. The Morgan fingerprint density at radius 1 is 1.50 bits per heavy atom. The number of benzene rings is 1. The SMILES string of the molecule is CC(=O)c1cc(O)cc(C)c1I. The fourth-order valence-corrected chi connectivity index (χ4v) is 1.70. The number of halogens is 1. The van der Waals surface area contributed by atoms with Gasteiger partial charge in [0.2, 0.25) is 0 Å². The number of aryl methyl sites for hydroxylation is 1. The first kappa shape index (κ1) is 9.51. The van der Waals surface area contributed by atoms with Crippen molar-refractivity contribution < 1.29 is 9.90 Å². The lowest BCUT2D eigenvalue weighted by molar-refractivity contribution is 0.101. The predicted octanol–water partition coefficient (Wildman–Crippen LogP) is 2.51. The monoisotopic (exact) mass is 276 g/mol. The minimum absolute atomic E-state index is 0.0154. The average Bonchev–Trinajstić information content (AvgIpc) is 1.96. The molecule has 0 aromatic heterocycles. The Morgan fingerprint density at radius 3 is 2.58 bits per heavy atom. The summed E-state index contributed by atoms with van der Waals surface area (Å²) in [5, 5.41) is 9.21. The molecule has 2 nitrogen and oxygen atoms in total. The van der Waals surface area contributed by atoms with Crippen LogP contribution in [0.4, 0.5) is 0 Å². The van der Waals surface area contributed by atoms with Crippen LogP contribution in [0.3, 0.4) is 0 Å². The van der Waals surface area contributed by atoms with E-state index in [9.17, 15) is 9.90 Å². The Labute approximate surface area is 84.7 Å². The van der Waals surface area contributed by atoms with Gasteiger partial charge in [0.15, 0.2) is 5.78 Å². The molecule has 0 unspecified atom stereocenters. The van der Waals surface area contributed by atoms with Gasteiger partial charge in [-0.25, -0.2) is 0 Å². The first-order chi connectivity index (χ1) is 5.52. The first-order valence-corrected chi connectivity index (χ1v) is 4.60. The van der Waals surface area contributed by atoms with Gasteiger partial charge in [0.05, 0.1) is 0 Å². The second kappa shape index (κ2) is 3.43. The van der Waals surface area contributed by atoms with Gasteiger partial charge in [-0.3, -0.25) is 4.79 Å². The Bertz CT molecular complexity index is 332. The van der Waals surface area contributed by atoms with Crippen molar-refractivity contribution in [2.75, 3.05) is 0 Å². The van der Waals surface area contributed by atoms with Gasteiger partial charge in [-0.1, -0.05) is 0 Å². The van der Waals surface area contributed by atoms with Crippen molar-refractivity contribution in [2.24, 2.45) is 0 Å². The number of rotatable bonds is 1. The number of phenols is 1. The smallest absolute Gasteiger partial charge is 0.161 e. The zero-order valence-electron chi connectivity index (χ0n) is 6.89. The number of ketones is 1. The molecule has 0 heterocycles. The summed E-state index contributed by atoms with van der Waals surface area (Å²) >= 11 is 2.10. The van der Waals surface area contributed by atoms with Crippen LogP contribution in [-0.4, -0.2) is 10.9 Å². The topological polar surface area (TPSA) is 37.3 Å². The van der Waals surface area contributed by atoms with Crippen molar-refractivity contribution in [1.29, 1.82) is 0 Å². The number of phenolic OH excluding ortho intramolecular Hbond substituents is 1. The van der Waals surface area contributed by atoms with E-state index in [2.05, 4.69) is 22.6 Å². The quantitative estimate of drug-likeness (QED) is 0.632. The van der Waals surface area contributed by atoms with Gasteiger partial charge in [-0.15, -0.1) is 0 Å². The van der Waals surface area contributed by atoms with Crippen LogP contribution in [-0.2, 0) is 0 Å². The van der Waals surface area contributed by atoms with Gasteiger partial charge in [0, 0.05) is 9.13 Å². The lowest BCUT2D eigenvalue weighted by Crippen LogP contribution is -1.97.